The van der Waals surface area contributed by atoms with Gasteiger partial charge in [0.25, 0.3) is 5.91 Å². The lowest BCUT2D eigenvalue weighted by Gasteiger charge is -2.34. The summed E-state index contributed by atoms with van der Waals surface area (Å²) in [5.41, 5.74) is 1.46. The van der Waals surface area contributed by atoms with Crippen LogP contribution in [0.1, 0.15) is 16.1 Å². The van der Waals surface area contributed by atoms with Crippen molar-refractivity contribution in [3.05, 3.63) is 59.6 Å². The number of hydrogen-bond donors (Lipinski definition) is 0. The molecular weight excluding hydrogens is 375 g/mol. The Morgan fingerprint density at radius 1 is 1.03 bits per heavy atom. The van der Waals surface area contributed by atoms with Gasteiger partial charge in [-0.15, -0.1) is 0 Å². The molecule has 29 heavy (non-hydrogen) atoms. The van der Waals surface area contributed by atoms with Crippen molar-refractivity contribution in [3.63, 3.8) is 0 Å². The number of piperazine rings is 1. The smallest absolute Gasteiger partial charge is 0.289 e. The van der Waals surface area contributed by atoms with Gasteiger partial charge >= 0.3 is 0 Å². The van der Waals surface area contributed by atoms with Crippen molar-refractivity contribution >= 4 is 16.9 Å². The molecular formula is C22H23FN2O4. The second-order valence-corrected chi connectivity index (χ2v) is 7.03. The summed E-state index contributed by atoms with van der Waals surface area (Å²) in [6.45, 7) is 3.23. The second kappa shape index (κ2) is 8.13. The third-order valence-corrected chi connectivity index (χ3v) is 5.22. The predicted octanol–water partition coefficient (Wildman–Crippen LogP) is 3.55. The number of furan rings is 1. The van der Waals surface area contributed by atoms with Crippen molar-refractivity contribution in [1.82, 2.24) is 9.80 Å². The van der Waals surface area contributed by atoms with Crippen LogP contribution in [-0.2, 0) is 6.54 Å². The SMILES string of the molecule is COc1ccc(CN2CCN(C(=O)c3cc4cccc(OC)c4o3)CC2)cc1F. The van der Waals surface area contributed by atoms with Gasteiger partial charge < -0.3 is 18.8 Å². The molecule has 1 fully saturated rings. The number of ether oxygens (including phenoxy) is 2. The van der Waals surface area contributed by atoms with Crippen LogP contribution in [-0.4, -0.2) is 56.1 Å². The van der Waals surface area contributed by atoms with E-state index in [-0.39, 0.29) is 17.5 Å². The van der Waals surface area contributed by atoms with E-state index in [2.05, 4.69) is 4.90 Å². The van der Waals surface area contributed by atoms with Crippen LogP contribution in [0.5, 0.6) is 11.5 Å². The summed E-state index contributed by atoms with van der Waals surface area (Å²) in [4.78, 5) is 16.8. The van der Waals surface area contributed by atoms with E-state index in [1.54, 1.807) is 30.2 Å². The number of para-hydroxylation sites is 1. The molecule has 0 aliphatic carbocycles. The van der Waals surface area contributed by atoms with E-state index in [4.69, 9.17) is 13.9 Å². The van der Waals surface area contributed by atoms with E-state index in [1.165, 1.54) is 13.2 Å². The number of nitrogens with zero attached hydrogens (tertiary/aromatic N) is 2. The highest BCUT2D eigenvalue weighted by atomic mass is 19.1. The lowest BCUT2D eigenvalue weighted by Crippen LogP contribution is -2.48. The highest BCUT2D eigenvalue weighted by Gasteiger charge is 2.25. The summed E-state index contributed by atoms with van der Waals surface area (Å²) in [6.07, 6.45) is 0. The number of hydrogen-bond acceptors (Lipinski definition) is 5. The van der Waals surface area contributed by atoms with E-state index >= 15 is 0 Å². The van der Waals surface area contributed by atoms with E-state index in [0.29, 0.717) is 49.8 Å². The van der Waals surface area contributed by atoms with Gasteiger partial charge in [0.1, 0.15) is 0 Å². The highest BCUT2D eigenvalue weighted by Crippen LogP contribution is 2.29. The Hall–Kier alpha value is -3.06. The molecule has 7 heteroatoms. The predicted molar refractivity (Wildman–Crippen MR) is 107 cm³/mol. The van der Waals surface area contributed by atoms with Crippen molar-refractivity contribution in [2.45, 2.75) is 6.54 Å². The molecule has 1 amide bonds. The molecule has 0 unspecified atom stereocenters. The van der Waals surface area contributed by atoms with Crippen LogP contribution in [0.2, 0.25) is 0 Å². The Balaban J connectivity index is 1.39. The first-order chi connectivity index (χ1) is 14.1. The van der Waals surface area contributed by atoms with E-state index < -0.39 is 0 Å². The average molecular weight is 398 g/mol. The Morgan fingerprint density at radius 3 is 2.48 bits per heavy atom. The topological polar surface area (TPSA) is 55.2 Å². The van der Waals surface area contributed by atoms with Gasteiger partial charge in [0, 0.05) is 38.1 Å². The van der Waals surface area contributed by atoms with Crippen LogP contribution in [0.4, 0.5) is 4.39 Å². The second-order valence-electron chi connectivity index (χ2n) is 7.03. The lowest BCUT2D eigenvalue weighted by molar-refractivity contribution is 0.0600. The third-order valence-electron chi connectivity index (χ3n) is 5.22. The summed E-state index contributed by atoms with van der Waals surface area (Å²) in [5.74, 6) is 0.678. The minimum Gasteiger partial charge on any atom is -0.494 e. The molecule has 152 valence electrons. The molecule has 1 aliphatic rings. The normalized spacial score (nSPS) is 14.9. The summed E-state index contributed by atoms with van der Waals surface area (Å²) in [5, 5.41) is 0.841. The fourth-order valence-corrected chi connectivity index (χ4v) is 3.63. The van der Waals surface area contributed by atoms with Crippen molar-refractivity contribution in [1.29, 1.82) is 0 Å². The number of benzene rings is 2. The molecule has 1 saturated heterocycles. The standard InChI is InChI=1S/C22H23FN2O4/c1-27-18-7-6-15(12-17(18)23)14-24-8-10-25(11-9-24)22(26)20-13-16-4-3-5-19(28-2)21(16)29-20/h3-7,12-13H,8-11,14H2,1-2H3. The minimum absolute atomic E-state index is 0.126. The van der Waals surface area contributed by atoms with Crippen molar-refractivity contribution in [3.8, 4) is 11.5 Å². The summed E-state index contributed by atoms with van der Waals surface area (Å²) < 4.78 is 29.9. The van der Waals surface area contributed by atoms with Crippen LogP contribution in [0.3, 0.4) is 0 Å². The first kappa shape index (κ1) is 19.3. The fraction of sp³-hybridized carbons (Fsp3) is 0.318. The Morgan fingerprint density at radius 2 is 1.79 bits per heavy atom. The zero-order valence-corrected chi connectivity index (χ0v) is 16.5. The van der Waals surface area contributed by atoms with Crippen LogP contribution in [0, 0.1) is 5.82 Å². The number of rotatable bonds is 5. The number of halogens is 1. The molecule has 0 spiro atoms. The number of carbonyl (C=O) groups is 1. The third kappa shape index (κ3) is 3.91. The summed E-state index contributed by atoms with van der Waals surface area (Å²) >= 11 is 0. The van der Waals surface area contributed by atoms with E-state index in [9.17, 15) is 9.18 Å². The van der Waals surface area contributed by atoms with Crippen LogP contribution < -0.4 is 9.47 Å². The molecule has 1 aromatic heterocycles. The van der Waals surface area contributed by atoms with Gasteiger partial charge in [0.15, 0.2) is 28.7 Å². The molecule has 0 bridgehead atoms. The average Bonchev–Trinajstić information content (AvgIpc) is 3.18. The molecule has 1 aliphatic heterocycles. The van der Waals surface area contributed by atoms with E-state index in [0.717, 1.165) is 10.9 Å². The van der Waals surface area contributed by atoms with Gasteiger partial charge in [-0.1, -0.05) is 18.2 Å². The van der Waals surface area contributed by atoms with Gasteiger partial charge in [-0.3, -0.25) is 9.69 Å². The maximum absolute atomic E-state index is 13.9. The molecule has 2 aromatic carbocycles. The Labute approximate surface area is 168 Å². The monoisotopic (exact) mass is 398 g/mol. The fourth-order valence-electron chi connectivity index (χ4n) is 3.63. The molecule has 4 rings (SSSR count). The number of fused-ring (bicyclic) bond motifs is 1. The quantitative estimate of drug-likeness (QED) is 0.658. The van der Waals surface area contributed by atoms with Crippen molar-refractivity contribution in [2.24, 2.45) is 0 Å². The molecule has 3 aromatic rings. The maximum atomic E-state index is 13.9. The van der Waals surface area contributed by atoms with Gasteiger partial charge in [-0.25, -0.2) is 4.39 Å². The summed E-state index contributed by atoms with van der Waals surface area (Å²) in [7, 11) is 3.03. The highest BCUT2D eigenvalue weighted by molar-refractivity contribution is 5.97. The first-order valence-electron chi connectivity index (χ1n) is 9.49. The number of carbonyl (C=O) groups excluding carboxylic acids is 1. The summed E-state index contributed by atoms with van der Waals surface area (Å²) in [6, 6.07) is 12.3. The van der Waals surface area contributed by atoms with Crippen LogP contribution >= 0.6 is 0 Å². The number of methoxy groups -OCH3 is 2. The lowest BCUT2D eigenvalue weighted by atomic mass is 10.1. The van der Waals surface area contributed by atoms with E-state index in [1.807, 2.05) is 18.2 Å². The number of amides is 1. The van der Waals surface area contributed by atoms with Crippen molar-refractivity contribution in [2.75, 3.05) is 40.4 Å². The largest absolute Gasteiger partial charge is 0.494 e. The minimum atomic E-state index is -0.362. The van der Waals surface area contributed by atoms with Gasteiger partial charge in [-0.05, 0) is 29.8 Å². The van der Waals surface area contributed by atoms with Gasteiger partial charge in [-0.2, -0.15) is 0 Å². The Bertz CT molecular complexity index is 1020. The van der Waals surface area contributed by atoms with Crippen LogP contribution in [0.25, 0.3) is 11.0 Å². The molecule has 2 heterocycles. The zero-order valence-electron chi connectivity index (χ0n) is 16.5. The Kier molecular flexibility index (Phi) is 5.40. The van der Waals surface area contributed by atoms with Crippen LogP contribution in [0.15, 0.2) is 46.9 Å². The zero-order chi connectivity index (χ0) is 20.4. The molecule has 0 N–H and O–H groups in total. The molecule has 0 saturated carbocycles. The molecule has 6 nitrogen and oxygen atoms in total. The molecule has 0 atom stereocenters. The van der Waals surface area contributed by atoms with Gasteiger partial charge in [0.05, 0.1) is 14.2 Å². The van der Waals surface area contributed by atoms with Crippen molar-refractivity contribution < 1.29 is 23.1 Å². The first-order valence-corrected chi connectivity index (χ1v) is 9.49. The molecule has 0 radical (unpaired) electrons. The maximum Gasteiger partial charge on any atom is 0.289 e. The van der Waals surface area contributed by atoms with Gasteiger partial charge in [0.2, 0.25) is 0 Å².